The lowest BCUT2D eigenvalue weighted by molar-refractivity contribution is 0.0389. The molecule has 0 saturated carbocycles. The van der Waals surface area contributed by atoms with Crippen LogP contribution in [0, 0.1) is 0 Å². The fourth-order valence-electron chi connectivity index (χ4n) is 3.10. The molecule has 2 aromatic rings. The van der Waals surface area contributed by atoms with Gasteiger partial charge in [0.2, 0.25) is 0 Å². The average molecular weight is 281 g/mol. The SMILES string of the molecule is COC1CCN(Cc2ccccc2-c2ccccc2)CC1. The summed E-state index contributed by atoms with van der Waals surface area (Å²) in [6, 6.07) is 19.4. The number of benzene rings is 2. The molecular formula is C19H23NO. The van der Waals surface area contributed by atoms with Gasteiger partial charge in [-0.3, -0.25) is 4.90 Å². The van der Waals surface area contributed by atoms with E-state index in [0.29, 0.717) is 6.10 Å². The third kappa shape index (κ3) is 3.52. The predicted molar refractivity (Wildman–Crippen MR) is 87.2 cm³/mol. The number of likely N-dealkylation sites (tertiary alicyclic amines) is 1. The first kappa shape index (κ1) is 14.3. The van der Waals surface area contributed by atoms with Crippen molar-refractivity contribution in [2.45, 2.75) is 25.5 Å². The Bertz CT molecular complexity index is 559. The molecule has 0 unspecified atom stereocenters. The highest BCUT2D eigenvalue weighted by atomic mass is 16.5. The molecule has 0 amide bonds. The zero-order chi connectivity index (χ0) is 14.5. The average Bonchev–Trinajstić information content (AvgIpc) is 2.57. The fourth-order valence-corrected chi connectivity index (χ4v) is 3.10. The van der Waals surface area contributed by atoms with Gasteiger partial charge in [-0.05, 0) is 29.5 Å². The van der Waals surface area contributed by atoms with Gasteiger partial charge < -0.3 is 4.74 Å². The largest absolute Gasteiger partial charge is 0.381 e. The Labute approximate surface area is 127 Å². The van der Waals surface area contributed by atoms with Crippen LogP contribution < -0.4 is 0 Å². The van der Waals surface area contributed by atoms with Gasteiger partial charge in [0.1, 0.15) is 0 Å². The van der Waals surface area contributed by atoms with Crippen molar-refractivity contribution in [2.24, 2.45) is 0 Å². The topological polar surface area (TPSA) is 12.5 Å². The van der Waals surface area contributed by atoms with Crippen LogP contribution in [0.3, 0.4) is 0 Å². The predicted octanol–water partition coefficient (Wildman–Crippen LogP) is 3.96. The molecule has 0 bridgehead atoms. The number of nitrogens with zero attached hydrogens (tertiary/aromatic N) is 1. The normalized spacial score (nSPS) is 17.0. The molecule has 1 saturated heterocycles. The highest BCUT2D eigenvalue weighted by molar-refractivity contribution is 5.67. The van der Waals surface area contributed by atoms with E-state index < -0.39 is 0 Å². The van der Waals surface area contributed by atoms with Crippen molar-refractivity contribution in [3.05, 3.63) is 60.2 Å². The maximum absolute atomic E-state index is 5.46. The number of ether oxygens (including phenoxy) is 1. The second-order valence-electron chi connectivity index (χ2n) is 5.73. The Balaban J connectivity index is 1.75. The Kier molecular flexibility index (Phi) is 4.69. The fraction of sp³-hybridized carbons (Fsp3) is 0.368. The number of piperidine rings is 1. The summed E-state index contributed by atoms with van der Waals surface area (Å²) in [5, 5.41) is 0. The highest BCUT2D eigenvalue weighted by Gasteiger charge is 2.19. The molecule has 0 N–H and O–H groups in total. The molecule has 110 valence electrons. The Morgan fingerprint density at radius 3 is 2.33 bits per heavy atom. The molecule has 1 heterocycles. The minimum Gasteiger partial charge on any atom is -0.381 e. The maximum Gasteiger partial charge on any atom is 0.0595 e. The Morgan fingerprint density at radius 1 is 0.952 bits per heavy atom. The van der Waals surface area contributed by atoms with Crippen LogP contribution in [0.5, 0.6) is 0 Å². The molecule has 1 aliphatic heterocycles. The van der Waals surface area contributed by atoms with E-state index in [4.69, 9.17) is 4.74 Å². The Morgan fingerprint density at radius 2 is 1.62 bits per heavy atom. The molecule has 3 rings (SSSR count). The standard InChI is InChI=1S/C19H23NO/c1-21-18-11-13-20(14-12-18)15-17-9-5-6-10-19(17)16-7-3-2-4-8-16/h2-10,18H,11-15H2,1H3. The van der Waals surface area contributed by atoms with Gasteiger partial charge in [0, 0.05) is 26.7 Å². The summed E-state index contributed by atoms with van der Waals surface area (Å²) in [4.78, 5) is 2.54. The number of hydrogen-bond acceptors (Lipinski definition) is 2. The molecule has 0 aromatic heterocycles. The number of methoxy groups -OCH3 is 1. The monoisotopic (exact) mass is 281 g/mol. The molecule has 1 fully saturated rings. The summed E-state index contributed by atoms with van der Waals surface area (Å²) in [6.07, 6.45) is 2.74. The van der Waals surface area contributed by atoms with Crippen LogP contribution in [0.4, 0.5) is 0 Å². The van der Waals surface area contributed by atoms with Crippen molar-refractivity contribution >= 4 is 0 Å². The van der Waals surface area contributed by atoms with Crippen molar-refractivity contribution in [1.82, 2.24) is 4.90 Å². The van der Waals surface area contributed by atoms with Crippen molar-refractivity contribution in [3.8, 4) is 11.1 Å². The van der Waals surface area contributed by atoms with Crippen molar-refractivity contribution in [1.29, 1.82) is 0 Å². The summed E-state index contributed by atoms with van der Waals surface area (Å²) < 4.78 is 5.46. The van der Waals surface area contributed by atoms with Crippen molar-refractivity contribution in [3.63, 3.8) is 0 Å². The van der Waals surface area contributed by atoms with E-state index in [1.165, 1.54) is 16.7 Å². The first-order valence-electron chi connectivity index (χ1n) is 7.75. The summed E-state index contributed by atoms with van der Waals surface area (Å²) in [5.41, 5.74) is 4.08. The molecule has 0 radical (unpaired) electrons. The smallest absolute Gasteiger partial charge is 0.0595 e. The minimum absolute atomic E-state index is 0.450. The molecule has 0 spiro atoms. The molecule has 2 nitrogen and oxygen atoms in total. The quantitative estimate of drug-likeness (QED) is 0.841. The minimum atomic E-state index is 0.450. The molecule has 0 atom stereocenters. The van der Waals surface area contributed by atoms with Gasteiger partial charge in [-0.15, -0.1) is 0 Å². The maximum atomic E-state index is 5.46. The van der Waals surface area contributed by atoms with Crippen molar-refractivity contribution < 1.29 is 4.74 Å². The van der Waals surface area contributed by atoms with Crippen LogP contribution >= 0.6 is 0 Å². The van der Waals surface area contributed by atoms with E-state index in [1.807, 2.05) is 7.11 Å². The summed E-state index contributed by atoms with van der Waals surface area (Å²) in [7, 11) is 1.82. The summed E-state index contributed by atoms with van der Waals surface area (Å²) >= 11 is 0. The summed E-state index contributed by atoms with van der Waals surface area (Å²) in [5.74, 6) is 0. The van der Waals surface area contributed by atoms with Gasteiger partial charge >= 0.3 is 0 Å². The molecule has 0 aliphatic carbocycles. The van der Waals surface area contributed by atoms with Crippen LogP contribution in [0.1, 0.15) is 18.4 Å². The lowest BCUT2D eigenvalue weighted by Crippen LogP contribution is -2.36. The van der Waals surface area contributed by atoms with E-state index in [1.54, 1.807) is 0 Å². The van der Waals surface area contributed by atoms with E-state index in [9.17, 15) is 0 Å². The lowest BCUT2D eigenvalue weighted by atomic mass is 9.98. The first-order chi connectivity index (χ1) is 10.4. The second kappa shape index (κ2) is 6.88. The van der Waals surface area contributed by atoms with E-state index in [-0.39, 0.29) is 0 Å². The van der Waals surface area contributed by atoms with Gasteiger partial charge in [-0.25, -0.2) is 0 Å². The zero-order valence-electron chi connectivity index (χ0n) is 12.7. The van der Waals surface area contributed by atoms with E-state index in [2.05, 4.69) is 59.5 Å². The van der Waals surface area contributed by atoms with E-state index in [0.717, 1.165) is 32.5 Å². The van der Waals surface area contributed by atoms with E-state index >= 15 is 0 Å². The van der Waals surface area contributed by atoms with Gasteiger partial charge in [0.15, 0.2) is 0 Å². The number of hydrogen-bond donors (Lipinski definition) is 0. The second-order valence-corrected chi connectivity index (χ2v) is 5.73. The third-order valence-corrected chi connectivity index (χ3v) is 4.36. The van der Waals surface area contributed by atoms with Gasteiger partial charge in [-0.1, -0.05) is 54.6 Å². The molecule has 2 aromatic carbocycles. The van der Waals surface area contributed by atoms with Crippen LogP contribution in [0.15, 0.2) is 54.6 Å². The van der Waals surface area contributed by atoms with Crippen molar-refractivity contribution in [2.75, 3.05) is 20.2 Å². The van der Waals surface area contributed by atoms with Crippen LogP contribution in [0.25, 0.3) is 11.1 Å². The van der Waals surface area contributed by atoms with Gasteiger partial charge in [0.05, 0.1) is 6.10 Å². The van der Waals surface area contributed by atoms with Crippen LogP contribution in [0.2, 0.25) is 0 Å². The first-order valence-corrected chi connectivity index (χ1v) is 7.75. The van der Waals surface area contributed by atoms with Crippen LogP contribution in [-0.2, 0) is 11.3 Å². The number of rotatable bonds is 4. The van der Waals surface area contributed by atoms with Gasteiger partial charge in [-0.2, -0.15) is 0 Å². The lowest BCUT2D eigenvalue weighted by Gasteiger charge is -2.31. The van der Waals surface area contributed by atoms with Crippen LogP contribution in [-0.4, -0.2) is 31.2 Å². The van der Waals surface area contributed by atoms with Gasteiger partial charge in [0.25, 0.3) is 0 Å². The zero-order valence-corrected chi connectivity index (χ0v) is 12.7. The third-order valence-electron chi connectivity index (χ3n) is 4.36. The molecular weight excluding hydrogens is 258 g/mol. The summed E-state index contributed by atoms with van der Waals surface area (Å²) in [6.45, 7) is 3.28. The Hall–Kier alpha value is -1.64. The molecule has 2 heteroatoms. The molecule has 1 aliphatic rings. The molecule has 21 heavy (non-hydrogen) atoms. The highest BCUT2D eigenvalue weighted by Crippen LogP contribution is 2.25.